The Morgan fingerprint density at radius 2 is 1.87 bits per heavy atom. The number of carbonyl (C=O) groups is 1. The average molecular weight is 529 g/mol. The number of phenolic OH excluding ortho intramolecular Hbond substituents is 1. The highest BCUT2D eigenvalue weighted by Gasteiger charge is 2.83. The van der Waals surface area contributed by atoms with E-state index in [0.29, 0.717) is 6.04 Å². The zero-order valence-corrected chi connectivity index (χ0v) is 23.9. The summed E-state index contributed by atoms with van der Waals surface area (Å²) in [6.45, 7) is 12.1. The van der Waals surface area contributed by atoms with E-state index in [9.17, 15) is 10.2 Å². The lowest BCUT2D eigenvalue weighted by molar-refractivity contribution is -0.945. The smallest absolute Gasteiger partial charge is 0.300 e. The number of benzene rings is 1. The first-order chi connectivity index (χ1) is 17.7. The Kier molecular flexibility index (Phi) is 5.63. The molecule has 8 atom stereocenters. The summed E-state index contributed by atoms with van der Waals surface area (Å²) in [5.41, 5.74) is 0.900. The fourth-order valence-corrected chi connectivity index (χ4v) is 9.82. The van der Waals surface area contributed by atoms with E-state index >= 15 is 0 Å². The highest BCUT2D eigenvalue weighted by atomic mass is 16.6. The number of phenols is 1. The minimum absolute atomic E-state index is 0.0161. The Balaban J connectivity index is 0.000000620. The number of hydrogen-bond acceptors (Lipinski definition) is 5. The van der Waals surface area contributed by atoms with Crippen LogP contribution in [0.25, 0.3) is 0 Å². The second kappa shape index (κ2) is 8.11. The Morgan fingerprint density at radius 1 is 1.18 bits per heavy atom. The highest BCUT2D eigenvalue weighted by Crippen LogP contribution is 2.76. The zero-order valence-electron chi connectivity index (χ0n) is 23.9. The second-order valence-electron chi connectivity index (χ2n) is 14.5. The predicted molar refractivity (Wildman–Crippen MR) is 143 cm³/mol. The molecule has 2 heterocycles. The van der Waals surface area contributed by atoms with Gasteiger partial charge in [-0.3, -0.25) is 4.79 Å². The molecule has 0 amide bonds. The SMILES string of the molecule is CC(=O)O.CO[C@]12CC[C@@]3(C[C@@H]1[C@](C)(O)C(C)(C)C)[C@H]1Cc4ccc(O)c5c4[C@@]3(CC[NH+]1CC1CC1)[C@H]2O5. The van der Waals surface area contributed by atoms with Crippen molar-refractivity contribution in [3.05, 3.63) is 23.3 Å². The van der Waals surface area contributed by atoms with E-state index in [0.717, 1.165) is 50.7 Å². The fourth-order valence-electron chi connectivity index (χ4n) is 9.82. The second-order valence-corrected chi connectivity index (χ2v) is 14.5. The number of rotatable bonds is 4. The minimum Gasteiger partial charge on any atom is -0.504 e. The molecule has 4 N–H and O–H groups in total. The van der Waals surface area contributed by atoms with Crippen LogP contribution in [0.2, 0.25) is 0 Å². The fraction of sp³-hybridized carbons (Fsp3) is 0.774. The summed E-state index contributed by atoms with van der Waals surface area (Å²) in [5.74, 6) is 1.04. The van der Waals surface area contributed by atoms with Crippen LogP contribution in [0.3, 0.4) is 0 Å². The van der Waals surface area contributed by atoms with Crippen molar-refractivity contribution in [2.75, 3.05) is 20.2 Å². The van der Waals surface area contributed by atoms with Crippen LogP contribution in [0.4, 0.5) is 0 Å². The summed E-state index contributed by atoms with van der Waals surface area (Å²) < 4.78 is 13.5. The topological polar surface area (TPSA) is 101 Å². The van der Waals surface area contributed by atoms with Gasteiger partial charge >= 0.3 is 0 Å². The van der Waals surface area contributed by atoms with E-state index in [1.807, 2.05) is 20.1 Å². The molecule has 5 aliphatic carbocycles. The van der Waals surface area contributed by atoms with Gasteiger partial charge in [0.05, 0.1) is 30.1 Å². The van der Waals surface area contributed by atoms with Crippen molar-refractivity contribution in [3.63, 3.8) is 0 Å². The summed E-state index contributed by atoms with van der Waals surface area (Å²) in [5, 5.41) is 30.6. The molecule has 7 aliphatic rings. The molecule has 7 heteroatoms. The summed E-state index contributed by atoms with van der Waals surface area (Å²) in [6, 6.07) is 4.57. The molecule has 2 spiro atoms. The summed E-state index contributed by atoms with van der Waals surface area (Å²) in [6.07, 6.45) is 7.82. The van der Waals surface area contributed by atoms with Crippen LogP contribution >= 0.6 is 0 Å². The molecular weight excluding hydrogens is 482 g/mol. The summed E-state index contributed by atoms with van der Waals surface area (Å²) in [7, 11) is 1.83. The van der Waals surface area contributed by atoms with Crippen molar-refractivity contribution in [3.8, 4) is 11.5 Å². The van der Waals surface area contributed by atoms with E-state index in [1.165, 1.54) is 37.1 Å². The number of aliphatic hydroxyl groups is 1. The summed E-state index contributed by atoms with van der Waals surface area (Å²) >= 11 is 0. The van der Waals surface area contributed by atoms with Gasteiger partial charge < -0.3 is 29.7 Å². The van der Waals surface area contributed by atoms with Crippen LogP contribution in [0, 0.1) is 22.7 Å². The number of hydrogen-bond donors (Lipinski definition) is 4. The number of carboxylic acids is 1. The molecule has 0 aromatic heterocycles. The molecule has 8 rings (SSSR count). The molecule has 4 bridgehead atoms. The lowest BCUT2D eigenvalue weighted by Crippen LogP contribution is -3.21. The van der Waals surface area contributed by atoms with Gasteiger partial charge in [0.25, 0.3) is 5.97 Å². The molecule has 1 unspecified atom stereocenters. The standard InChI is InChI=1S/C29H41NO4.C2H4O2/c1-25(2,3)26(4,32)20-15-27-10-11-29(20,33-5)24-28(27)12-13-30(16-17-6-7-17)21(27)14-18-8-9-19(31)23(34-24)22(18)28;1-2(3)4/h8-9,17,20-21,24,31-32H,6-7,10-16H2,1-5H3;1H3,(H,3,4)/p+1/t20-,21-,24-,26+,27-,28+,29-;/m1./s1. The van der Waals surface area contributed by atoms with Gasteiger partial charge in [-0.1, -0.05) is 26.8 Å². The number of carboxylic acid groups (broad SMARTS) is 1. The molecule has 2 aliphatic heterocycles. The monoisotopic (exact) mass is 528 g/mol. The Bertz CT molecular complexity index is 1150. The van der Waals surface area contributed by atoms with Crippen molar-refractivity contribution in [2.45, 2.75) is 108 Å². The van der Waals surface area contributed by atoms with Gasteiger partial charge in [-0.05, 0) is 56.1 Å². The van der Waals surface area contributed by atoms with Crippen LogP contribution in [-0.2, 0) is 21.4 Å². The third-order valence-corrected chi connectivity index (χ3v) is 12.1. The third-order valence-electron chi connectivity index (χ3n) is 12.1. The maximum Gasteiger partial charge on any atom is 0.300 e. The molecule has 38 heavy (non-hydrogen) atoms. The van der Waals surface area contributed by atoms with Gasteiger partial charge in [-0.25, -0.2) is 0 Å². The minimum atomic E-state index is -0.899. The number of nitrogens with one attached hydrogen (secondary N) is 1. The number of aliphatic carboxylic acids is 1. The Morgan fingerprint density at radius 3 is 2.47 bits per heavy atom. The molecule has 210 valence electrons. The number of ether oxygens (including phenoxy) is 2. The maximum absolute atomic E-state index is 12.2. The molecular formula is C31H46NO6+. The van der Waals surface area contributed by atoms with Gasteiger partial charge in [-0.2, -0.15) is 0 Å². The lowest BCUT2D eigenvalue weighted by atomic mass is 9.33. The number of aromatic hydroxyl groups is 1. The molecule has 1 saturated heterocycles. The van der Waals surface area contributed by atoms with Gasteiger partial charge in [0.15, 0.2) is 11.5 Å². The number of likely N-dealkylation sites (tertiary alicyclic amines) is 1. The van der Waals surface area contributed by atoms with E-state index in [1.54, 1.807) is 4.90 Å². The van der Waals surface area contributed by atoms with Gasteiger partial charge in [0.2, 0.25) is 0 Å². The molecule has 1 aromatic carbocycles. The van der Waals surface area contributed by atoms with E-state index in [-0.39, 0.29) is 34.0 Å². The van der Waals surface area contributed by atoms with Gasteiger partial charge in [0, 0.05) is 49.7 Å². The van der Waals surface area contributed by atoms with Gasteiger partial charge in [0.1, 0.15) is 11.7 Å². The highest BCUT2D eigenvalue weighted by molar-refractivity contribution is 5.63. The van der Waals surface area contributed by atoms with Crippen LogP contribution in [0.15, 0.2) is 12.1 Å². The molecule has 0 radical (unpaired) electrons. The largest absolute Gasteiger partial charge is 0.504 e. The third kappa shape index (κ3) is 3.15. The normalized spacial score (nSPS) is 41.3. The van der Waals surface area contributed by atoms with Crippen LogP contribution in [0.5, 0.6) is 11.5 Å². The van der Waals surface area contributed by atoms with Crippen molar-refractivity contribution in [1.29, 1.82) is 0 Å². The quantitative estimate of drug-likeness (QED) is 0.479. The lowest BCUT2D eigenvalue weighted by Gasteiger charge is -2.74. The van der Waals surface area contributed by atoms with Crippen molar-refractivity contribution >= 4 is 5.97 Å². The molecule has 4 saturated carbocycles. The first kappa shape index (κ1) is 26.4. The first-order valence-electron chi connectivity index (χ1n) is 14.6. The number of quaternary nitrogens is 1. The summed E-state index contributed by atoms with van der Waals surface area (Å²) in [4.78, 5) is 10.8. The van der Waals surface area contributed by atoms with Crippen molar-refractivity contribution in [2.24, 2.45) is 22.7 Å². The first-order valence-corrected chi connectivity index (χ1v) is 14.6. The van der Waals surface area contributed by atoms with E-state index in [2.05, 4.69) is 26.8 Å². The molecule has 5 fully saturated rings. The molecule has 7 nitrogen and oxygen atoms in total. The number of methoxy groups -OCH3 is 1. The van der Waals surface area contributed by atoms with Crippen LogP contribution < -0.4 is 9.64 Å². The van der Waals surface area contributed by atoms with Crippen LogP contribution in [-0.4, -0.2) is 64.8 Å². The zero-order chi connectivity index (χ0) is 27.5. The molecule has 1 aromatic rings. The Labute approximate surface area is 226 Å². The Hall–Kier alpha value is -1.83. The maximum atomic E-state index is 12.2. The van der Waals surface area contributed by atoms with Gasteiger partial charge in [-0.15, -0.1) is 0 Å². The number of fused-ring (bicyclic) bond motifs is 2. The van der Waals surface area contributed by atoms with Crippen molar-refractivity contribution in [1.82, 2.24) is 0 Å². The number of piperidine rings is 1. The van der Waals surface area contributed by atoms with Crippen molar-refractivity contribution < 1.29 is 34.5 Å². The van der Waals surface area contributed by atoms with E-state index in [4.69, 9.17) is 19.4 Å². The van der Waals surface area contributed by atoms with E-state index < -0.39 is 17.2 Å². The van der Waals surface area contributed by atoms with Crippen LogP contribution in [0.1, 0.15) is 84.3 Å². The predicted octanol–water partition coefficient (Wildman–Crippen LogP) is 3.09. The average Bonchev–Trinajstić information content (AvgIpc) is 3.58.